The average molecular weight is 707 g/mol. The Morgan fingerprint density at radius 3 is 2.49 bits per heavy atom. The summed E-state index contributed by atoms with van der Waals surface area (Å²) in [5.74, 6) is -0.210. The van der Waals surface area contributed by atoms with Gasteiger partial charge in [-0.1, -0.05) is 11.8 Å². The molecular weight excluding hydrogens is 685 g/mol. The number of nitrogen functional groups attached to an aromatic ring is 2. The number of nitrogens with one attached hydrogen (secondary N) is 1. The van der Waals surface area contributed by atoms with Crippen LogP contribution in [0.4, 0.5) is 16.2 Å². The number of nitrogens with zero attached hydrogens (tertiary/aromatic N) is 7. The summed E-state index contributed by atoms with van der Waals surface area (Å²) in [5.41, 5.74) is 11.0. The Morgan fingerprint density at radius 1 is 1.02 bits per heavy atom. The van der Waals surface area contributed by atoms with E-state index < -0.39 is 81.4 Å². The van der Waals surface area contributed by atoms with Crippen molar-refractivity contribution >= 4 is 71.7 Å². The highest BCUT2D eigenvalue weighted by molar-refractivity contribution is 8.32. The van der Waals surface area contributed by atoms with Gasteiger partial charge in [0.2, 0.25) is 5.95 Å². The summed E-state index contributed by atoms with van der Waals surface area (Å²) in [6, 6.07) is 0. The van der Waals surface area contributed by atoms with Crippen LogP contribution >= 0.6 is 13.5 Å². The topological polar surface area (TPSA) is 275 Å². The smallest absolute Gasteiger partial charge is 0.280 e. The van der Waals surface area contributed by atoms with Crippen molar-refractivity contribution in [3.63, 3.8) is 0 Å². The molecule has 45 heavy (non-hydrogen) atoms. The molecule has 2 bridgehead atoms. The number of rotatable bonds is 2. The van der Waals surface area contributed by atoms with Crippen LogP contribution in [0.25, 0.3) is 22.3 Å². The molecule has 3 fully saturated rings. The number of nitrogens with two attached hydrogens (primary N) is 2. The second-order valence-electron chi connectivity index (χ2n) is 10.0. The first-order valence-electron chi connectivity index (χ1n) is 12.9. The van der Waals surface area contributed by atoms with Crippen molar-refractivity contribution in [2.24, 2.45) is 0 Å². The molecule has 0 aromatic carbocycles. The van der Waals surface area contributed by atoms with Crippen LogP contribution in [0, 0.1) is 0 Å². The van der Waals surface area contributed by atoms with Crippen LogP contribution in [-0.2, 0) is 56.2 Å². The summed E-state index contributed by atoms with van der Waals surface area (Å²) in [7, 11) is 0. The maximum absolute atomic E-state index is 16.0. The van der Waals surface area contributed by atoms with Gasteiger partial charge in [-0.25, -0.2) is 24.3 Å². The summed E-state index contributed by atoms with van der Waals surface area (Å²) in [6.45, 7) is -10.4. The minimum atomic E-state index is -4.53. The van der Waals surface area contributed by atoms with Crippen molar-refractivity contribution in [2.45, 2.75) is 49.1 Å². The average Bonchev–Trinajstić information content (AvgIpc) is 3.72. The fourth-order valence-electron chi connectivity index (χ4n) is 5.25. The maximum Gasteiger partial charge on any atom is 0.280 e. The second kappa shape index (κ2) is 11.2. The molecule has 4 aromatic rings. The van der Waals surface area contributed by atoms with Crippen molar-refractivity contribution in [3.8, 4) is 0 Å². The number of aliphatic hydroxyl groups is 1. The molecule has 6 N–H and O–H groups in total. The van der Waals surface area contributed by atoms with Crippen LogP contribution in [0.15, 0.2) is 23.8 Å². The first-order chi connectivity index (χ1) is 21.3. The fraction of sp³-hybridized carbons (Fsp3) is 0.500. The number of alkyl halides is 1. The maximum atomic E-state index is 16.0. The van der Waals surface area contributed by atoms with E-state index in [1.165, 1.54) is 15.5 Å². The largest absolute Gasteiger partial charge is 0.780 e. The van der Waals surface area contributed by atoms with E-state index in [1.54, 1.807) is 0 Å². The van der Waals surface area contributed by atoms with Gasteiger partial charge in [0.1, 0.15) is 49.1 Å². The Hall–Kier alpha value is -2.66. The Bertz CT molecular complexity index is 1950. The Morgan fingerprint density at radius 2 is 1.71 bits per heavy atom. The summed E-state index contributed by atoms with van der Waals surface area (Å²) < 4.78 is 65.2. The number of aromatic nitrogens is 8. The zero-order valence-corrected chi connectivity index (χ0v) is 25.7. The highest BCUT2D eigenvalue weighted by Crippen LogP contribution is 2.54. The van der Waals surface area contributed by atoms with Crippen LogP contribution in [-0.4, -0.2) is 94.0 Å². The standard InChI is InChI=1S/C20H23FN10O10P2S2/c21-8-12-7(39-18(8)30-4-26-9-14(22)24-3-25-15(9)30)2-37-43(35,45)41-13-11(32)6(1-36-42(34,44)40-12)38-19(13)31-5-27-10-16(31)28-20(23)29-17(10)33/h3-8,11-13,18-19,32H,1-2H2,(H,34,44)(H,35,45)(H2,22,24,25)(H3,23,28,29,33)/p-2. The lowest BCUT2D eigenvalue weighted by Crippen LogP contribution is -2.36. The Kier molecular flexibility index (Phi) is 7.74. The SMILES string of the molecule is Nc1nc2c(ncn2C2OC3COP(=O)([S-])OC4C(COP([O-])(=S)OC2C3O)OC(n2cnc3c(N)ncnc32)C4F)c(=O)[nH]1. The molecule has 4 aromatic heterocycles. The number of aromatic amines is 1. The van der Waals surface area contributed by atoms with E-state index in [9.17, 15) is 19.4 Å². The van der Waals surface area contributed by atoms with Crippen molar-refractivity contribution in [2.75, 3.05) is 24.7 Å². The summed E-state index contributed by atoms with van der Waals surface area (Å²) in [4.78, 5) is 48.1. The molecule has 25 heteroatoms. The van der Waals surface area contributed by atoms with Gasteiger partial charge in [0.25, 0.3) is 5.56 Å². The molecule has 3 saturated heterocycles. The van der Waals surface area contributed by atoms with Crippen LogP contribution in [0.3, 0.4) is 0 Å². The number of aliphatic hydroxyl groups excluding tert-OH is 1. The van der Waals surface area contributed by atoms with E-state index in [2.05, 4.69) is 29.9 Å². The monoisotopic (exact) mass is 706 g/mol. The van der Waals surface area contributed by atoms with E-state index in [1.807, 2.05) is 0 Å². The number of anilines is 2. The van der Waals surface area contributed by atoms with E-state index in [0.29, 0.717) is 0 Å². The van der Waals surface area contributed by atoms with E-state index in [0.717, 1.165) is 12.7 Å². The number of imidazole rings is 2. The molecule has 3 aliphatic heterocycles. The van der Waals surface area contributed by atoms with E-state index >= 15 is 4.39 Å². The molecule has 0 saturated carbocycles. The molecule has 0 spiro atoms. The molecule has 0 aliphatic carbocycles. The van der Waals surface area contributed by atoms with Crippen molar-refractivity contribution in [3.05, 3.63) is 29.3 Å². The molecule has 3 aliphatic rings. The number of ether oxygens (including phenoxy) is 2. The van der Waals surface area contributed by atoms with Crippen molar-refractivity contribution in [1.29, 1.82) is 0 Å². The molecular formula is C20H21FN10O10P2S2-2. The molecule has 20 nitrogen and oxygen atoms in total. The van der Waals surface area contributed by atoms with Crippen LogP contribution in [0.5, 0.6) is 0 Å². The van der Waals surface area contributed by atoms with Crippen molar-refractivity contribution < 1.29 is 46.5 Å². The second-order valence-corrected chi connectivity index (χ2v) is 15.5. The normalized spacial score (nSPS) is 37.7. The van der Waals surface area contributed by atoms with Crippen LogP contribution in [0.1, 0.15) is 12.5 Å². The third-order valence-corrected chi connectivity index (χ3v) is 10.3. The zero-order chi connectivity index (χ0) is 31.8. The Balaban J connectivity index is 1.21. The van der Waals surface area contributed by atoms with Crippen LogP contribution < -0.4 is 21.9 Å². The minimum absolute atomic E-state index is 0.0361. The zero-order valence-electron chi connectivity index (χ0n) is 22.3. The predicted octanol–water partition coefficient (Wildman–Crippen LogP) is -1.33. The highest BCUT2D eigenvalue weighted by Gasteiger charge is 2.51. The van der Waals surface area contributed by atoms with E-state index in [-0.39, 0.29) is 34.1 Å². The summed E-state index contributed by atoms with van der Waals surface area (Å²) in [5, 5.41) is 11.1. The van der Waals surface area contributed by atoms with Gasteiger partial charge >= 0.3 is 0 Å². The number of fused-ring (bicyclic) bond motifs is 5. The third kappa shape index (κ3) is 5.55. The van der Waals surface area contributed by atoms with Gasteiger partial charge in [0.15, 0.2) is 48.1 Å². The van der Waals surface area contributed by atoms with Gasteiger partial charge < -0.3 is 61.3 Å². The van der Waals surface area contributed by atoms with Crippen molar-refractivity contribution in [1.82, 2.24) is 39.0 Å². The van der Waals surface area contributed by atoms with Gasteiger partial charge in [0.05, 0.1) is 25.9 Å². The number of hydrogen-bond acceptors (Lipinski definition) is 19. The number of hydrogen-bond donors (Lipinski definition) is 4. The molecule has 242 valence electrons. The minimum Gasteiger partial charge on any atom is -0.780 e. The first-order valence-corrected chi connectivity index (χ1v) is 18.0. The number of H-pyrrole nitrogens is 1. The van der Waals surface area contributed by atoms with Gasteiger partial charge in [0, 0.05) is 0 Å². The van der Waals surface area contributed by atoms with Gasteiger partial charge in [-0.2, -0.15) is 4.98 Å². The highest BCUT2D eigenvalue weighted by atomic mass is 32.7. The lowest BCUT2D eigenvalue weighted by Gasteiger charge is -2.34. The quantitative estimate of drug-likeness (QED) is 0.139. The molecule has 10 unspecified atom stereocenters. The predicted molar refractivity (Wildman–Crippen MR) is 152 cm³/mol. The first kappa shape index (κ1) is 31.0. The fourth-order valence-corrected chi connectivity index (χ4v) is 8.06. The Labute approximate surface area is 260 Å². The molecule has 0 radical (unpaired) electrons. The third-order valence-electron chi connectivity index (χ3n) is 7.26. The summed E-state index contributed by atoms with van der Waals surface area (Å²) in [6.07, 6.45) is -9.03. The molecule has 7 heterocycles. The molecule has 10 atom stereocenters. The number of halogens is 1. The van der Waals surface area contributed by atoms with Gasteiger partial charge in [-0.15, -0.1) is 0 Å². The van der Waals surface area contributed by atoms with E-state index in [4.69, 9.17) is 63.1 Å². The lowest BCUT2D eigenvalue weighted by molar-refractivity contribution is -0.218. The summed E-state index contributed by atoms with van der Waals surface area (Å²) >= 11 is 10.1. The van der Waals surface area contributed by atoms with Gasteiger partial charge in [-0.05, 0) is 0 Å². The van der Waals surface area contributed by atoms with Crippen LogP contribution in [0.2, 0.25) is 0 Å². The van der Waals surface area contributed by atoms with Gasteiger partial charge in [-0.3, -0.25) is 23.5 Å². The lowest BCUT2D eigenvalue weighted by atomic mass is 10.1. The molecule has 0 amide bonds. The molecule has 7 rings (SSSR count).